The minimum Gasteiger partial charge on any atom is -0.389 e. The van der Waals surface area contributed by atoms with Crippen molar-refractivity contribution in [2.75, 3.05) is 6.61 Å². The van der Waals surface area contributed by atoms with Gasteiger partial charge in [0.05, 0.1) is 23.4 Å². The molecule has 0 fully saturated rings. The first-order valence-corrected chi connectivity index (χ1v) is 5.44. The Labute approximate surface area is 95.9 Å². The van der Waals surface area contributed by atoms with Crippen molar-refractivity contribution in [1.82, 2.24) is 9.97 Å². The summed E-state index contributed by atoms with van der Waals surface area (Å²) in [7, 11) is 0. The van der Waals surface area contributed by atoms with Crippen molar-refractivity contribution in [3.63, 3.8) is 0 Å². The van der Waals surface area contributed by atoms with Gasteiger partial charge in [0, 0.05) is 17.3 Å². The van der Waals surface area contributed by atoms with Crippen molar-refractivity contribution in [1.29, 1.82) is 0 Å². The van der Waals surface area contributed by atoms with E-state index in [1.54, 1.807) is 24.7 Å². The number of nitrogens with zero attached hydrogens (tertiary/aromatic N) is 2. The number of rotatable bonds is 3. The van der Waals surface area contributed by atoms with Gasteiger partial charge < -0.3 is 5.11 Å². The Kier molecular flexibility index (Phi) is 3.38. The van der Waals surface area contributed by atoms with E-state index in [0.717, 1.165) is 15.4 Å². The molecule has 0 unspecified atom stereocenters. The maximum atomic E-state index is 12.8. The summed E-state index contributed by atoms with van der Waals surface area (Å²) in [6.07, 6.45) is 6.18. The zero-order valence-corrected chi connectivity index (χ0v) is 9.12. The number of hydrogen-bond donors (Lipinski definition) is 1. The minimum absolute atomic E-state index is 0.549. The van der Waals surface area contributed by atoms with Crippen LogP contribution in [0.15, 0.2) is 36.6 Å². The standard InChI is InChI=1S/C11H9FN2OS/c12-8(7-15)5-9-1-2-11(16-9)10-6-13-3-4-14-10/h1-6,15H,7H2. The first kappa shape index (κ1) is 10.9. The Morgan fingerprint density at radius 1 is 1.44 bits per heavy atom. The molecule has 0 saturated heterocycles. The van der Waals surface area contributed by atoms with Crippen LogP contribution in [0, 0.1) is 0 Å². The van der Waals surface area contributed by atoms with Crippen LogP contribution in [-0.4, -0.2) is 21.7 Å². The largest absolute Gasteiger partial charge is 0.389 e. The predicted octanol–water partition coefficient (Wildman–Crippen LogP) is 2.51. The molecule has 0 spiro atoms. The first-order valence-electron chi connectivity index (χ1n) is 4.63. The van der Waals surface area contributed by atoms with Crippen molar-refractivity contribution in [3.8, 4) is 10.6 Å². The van der Waals surface area contributed by atoms with E-state index in [9.17, 15) is 4.39 Å². The second-order valence-electron chi connectivity index (χ2n) is 3.04. The van der Waals surface area contributed by atoms with E-state index in [0.29, 0.717) is 0 Å². The molecule has 0 saturated carbocycles. The molecule has 0 atom stereocenters. The second kappa shape index (κ2) is 4.96. The third kappa shape index (κ3) is 2.50. The Hall–Kier alpha value is -1.59. The van der Waals surface area contributed by atoms with Crippen molar-refractivity contribution in [2.45, 2.75) is 0 Å². The van der Waals surface area contributed by atoms with Gasteiger partial charge in [0.2, 0.25) is 0 Å². The number of aliphatic hydroxyl groups excluding tert-OH is 1. The quantitative estimate of drug-likeness (QED) is 0.890. The van der Waals surface area contributed by atoms with Crippen LogP contribution in [0.3, 0.4) is 0 Å². The number of thiophene rings is 1. The fraction of sp³-hybridized carbons (Fsp3) is 0.0909. The van der Waals surface area contributed by atoms with E-state index in [-0.39, 0.29) is 0 Å². The van der Waals surface area contributed by atoms with E-state index in [4.69, 9.17) is 5.11 Å². The van der Waals surface area contributed by atoms with E-state index in [1.165, 1.54) is 17.4 Å². The normalized spacial score (nSPS) is 11.8. The summed E-state index contributed by atoms with van der Waals surface area (Å²) in [6, 6.07) is 3.63. The monoisotopic (exact) mass is 236 g/mol. The highest BCUT2D eigenvalue weighted by Gasteiger charge is 2.03. The van der Waals surface area contributed by atoms with Gasteiger partial charge in [-0.05, 0) is 18.2 Å². The highest BCUT2D eigenvalue weighted by atomic mass is 32.1. The van der Waals surface area contributed by atoms with Gasteiger partial charge in [0.1, 0.15) is 5.83 Å². The molecule has 3 nitrogen and oxygen atoms in total. The molecule has 0 aliphatic rings. The summed E-state index contributed by atoms with van der Waals surface area (Å²) in [4.78, 5) is 9.77. The summed E-state index contributed by atoms with van der Waals surface area (Å²) >= 11 is 1.40. The topological polar surface area (TPSA) is 46.0 Å². The molecule has 2 heterocycles. The maximum Gasteiger partial charge on any atom is 0.127 e. The van der Waals surface area contributed by atoms with Crippen LogP contribution in [0.4, 0.5) is 4.39 Å². The van der Waals surface area contributed by atoms with Crippen molar-refractivity contribution in [3.05, 3.63) is 41.4 Å². The second-order valence-corrected chi connectivity index (χ2v) is 4.16. The number of hydrogen-bond acceptors (Lipinski definition) is 4. The molecule has 1 N–H and O–H groups in total. The van der Waals surface area contributed by atoms with Crippen LogP contribution in [0.1, 0.15) is 4.88 Å². The summed E-state index contributed by atoms with van der Waals surface area (Å²) in [5.41, 5.74) is 0.761. The lowest BCUT2D eigenvalue weighted by Crippen LogP contribution is -1.80. The van der Waals surface area contributed by atoms with Crippen LogP contribution in [0.25, 0.3) is 16.6 Å². The number of aliphatic hydroxyl groups is 1. The van der Waals surface area contributed by atoms with E-state index in [2.05, 4.69) is 9.97 Å². The zero-order chi connectivity index (χ0) is 11.4. The van der Waals surface area contributed by atoms with Gasteiger partial charge in [0.25, 0.3) is 0 Å². The third-order valence-corrected chi connectivity index (χ3v) is 2.95. The molecule has 0 aromatic carbocycles. The van der Waals surface area contributed by atoms with Crippen LogP contribution in [0.5, 0.6) is 0 Å². The molecular weight excluding hydrogens is 227 g/mol. The van der Waals surface area contributed by atoms with Gasteiger partial charge in [-0.1, -0.05) is 0 Å². The lowest BCUT2D eigenvalue weighted by molar-refractivity contribution is 0.300. The number of aromatic nitrogens is 2. The molecule has 2 rings (SSSR count). The molecule has 0 amide bonds. The fourth-order valence-corrected chi connectivity index (χ4v) is 2.12. The van der Waals surface area contributed by atoms with Crippen molar-refractivity contribution >= 4 is 17.4 Å². The number of halogens is 1. The van der Waals surface area contributed by atoms with Gasteiger partial charge in [-0.3, -0.25) is 9.97 Å². The molecule has 0 radical (unpaired) electrons. The summed E-state index contributed by atoms with van der Waals surface area (Å²) in [6.45, 7) is -0.571. The van der Waals surface area contributed by atoms with Crippen LogP contribution in [-0.2, 0) is 0 Å². The fourth-order valence-electron chi connectivity index (χ4n) is 1.19. The smallest absolute Gasteiger partial charge is 0.127 e. The molecule has 2 aromatic rings. The summed E-state index contributed by atoms with van der Waals surface area (Å²) in [5.74, 6) is -0.549. The maximum absolute atomic E-state index is 12.8. The third-order valence-electron chi connectivity index (χ3n) is 1.89. The summed E-state index contributed by atoms with van der Waals surface area (Å²) in [5, 5.41) is 8.56. The van der Waals surface area contributed by atoms with Crippen LogP contribution < -0.4 is 0 Å². The van der Waals surface area contributed by atoms with Gasteiger partial charge >= 0.3 is 0 Å². The lowest BCUT2D eigenvalue weighted by Gasteiger charge is -1.92. The molecular formula is C11H9FN2OS. The van der Waals surface area contributed by atoms with Crippen LogP contribution in [0.2, 0.25) is 0 Å². The van der Waals surface area contributed by atoms with E-state index < -0.39 is 12.4 Å². The molecule has 0 bridgehead atoms. The Bertz CT molecular complexity index is 496. The van der Waals surface area contributed by atoms with E-state index >= 15 is 0 Å². The first-order chi connectivity index (χ1) is 7.79. The summed E-state index contributed by atoms with van der Waals surface area (Å²) < 4.78 is 12.8. The Balaban J connectivity index is 2.27. The van der Waals surface area contributed by atoms with Gasteiger partial charge in [-0.25, -0.2) is 4.39 Å². The molecule has 0 aliphatic heterocycles. The van der Waals surface area contributed by atoms with Crippen molar-refractivity contribution < 1.29 is 9.50 Å². The van der Waals surface area contributed by atoms with Gasteiger partial charge in [-0.2, -0.15) is 0 Å². The zero-order valence-electron chi connectivity index (χ0n) is 8.30. The molecule has 16 heavy (non-hydrogen) atoms. The molecule has 2 aromatic heterocycles. The SMILES string of the molecule is OCC(F)=Cc1ccc(-c2cnccn2)s1. The Morgan fingerprint density at radius 2 is 2.31 bits per heavy atom. The molecule has 0 aliphatic carbocycles. The minimum atomic E-state index is -0.571. The van der Waals surface area contributed by atoms with Crippen molar-refractivity contribution in [2.24, 2.45) is 0 Å². The lowest BCUT2D eigenvalue weighted by atomic mass is 10.3. The van der Waals surface area contributed by atoms with E-state index in [1.807, 2.05) is 6.07 Å². The predicted molar refractivity (Wildman–Crippen MR) is 61.5 cm³/mol. The highest BCUT2D eigenvalue weighted by molar-refractivity contribution is 7.16. The highest BCUT2D eigenvalue weighted by Crippen LogP contribution is 2.27. The molecule has 5 heteroatoms. The molecule has 82 valence electrons. The Morgan fingerprint density at radius 3 is 3.00 bits per heavy atom. The average Bonchev–Trinajstić information content (AvgIpc) is 2.78. The average molecular weight is 236 g/mol. The van der Waals surface area contributed by atoms with Crippen LogP contribution >= 0.6 is 11.3 Å². The van der Waals surface area contributed by atoms with Gasteiger partial charge in [-0.15, -0.1) is 11.3 Å². The van der Waals surface area contributed by atoms with Gasteiger partial charge in [0.15, 0.2) is 0 Å².